The Hall–Kier alpha value is -1.43. The predicted octanol–water partition coefficient (Wildman–Crippen LogP) is 0.409. The summed E-state index contributed by atoms with van der Waals surface area (Å²) in [5.41, 5.74) is 1.30. The van der Waals surface area contributed by atoms with Gasteiger partial charge in [0.1, 0.15) is 0 Å². The second-order valence-corrected chi connectivity index (χ2v) is 6.02. The highest BCUT2D eigenvalue weighted by Gasteiger charge is 2.39. The fourth-order valence-electron chi connectivity index (χ4n) is 3.15. The van der Waals surface area contributed by atoms with Crippen molar-refractivity contribution in [3.63, 3.8) is 0 Å². The van der Waals surface area contributed by atoms with E-state index in [0.717, 1.165) is 19.4 Å². The summed E-state index contributed by atoms with van der Waals surface area (Å²) < 4.78 is 0. The summed E-state index contributed by atoms with van der Waals surface area (Å²) in [6.07, 6.45) is 1.38. The second kappa shape index (κ2) is 8.27. The lowest BCUT2D eigenvalue weighted by atomic mass is 10.0. The Morgan fingerprint density at radius 3 is 2.73 bits per heavy atom. The molecule has 0 bridgehead atoms. The standard InChI is InChI=1S/C17H26N2O3/c1-13(21)18-10-15-11-19(16(12-20)17(15)22)9-5-8-14-6-3-2-4-7-14/h2-4,6-7,15-17,20,22H,5,8-12H2,1H3,(H,18,21). The van der Waals surface area contributed by atoms with Gasteiger partial charge in [0, 0.05) is 25.9 Å². The largest absolute Gasteiger partial charge is 0.395 e. The molecule has 122 valence electrons. The Morgan fingerprint density at radius 2 is 2.09 bits per heavy atom. The SMILES string of the molecule is CC(=O)NCC1CN(CCCc2ccccc2)C(CO)C1O. The summed E-state index contributed by atoms with van der Waals surface area (Å²) in [4.78, 5) is 13.2. The summed E-state index contributed by atoms with van der Waals surface area (Å²) in [7, 11) is 0. The highest BCUT2D eigenvalue weighted by molar-refractivity contribution is 5.72. The van der Waals surface area contributed by atoms with Gasteiger partial charge in [-0.2, -0.15) is 0 Å². The molecular formula is C17H26N2O3. The molecule has 22 heavy (non-hydrogen) atoms. The van der Waals surface area contributed by atoms with E-state index in [1.165, 1.54) is 12.5 Å². The van der Waals surface area contributed by atoms with Crippen LogP contribution in [0.2, 0.25) is 0 Å². The summed E-state index contributed by atoms with van der Waals surface area (Å²) in [5, 5.41) is 22.6. The molecule has 0 radical (unpaired) electrons. The number of benzene rings is 1. The van der Waals surface area contributed by atoms with Crippen molar-refractivity contribution in [2.45, 2.75) is 31.9 Å². The highest BCUT2D eigenvalue weighted by atomic mass is 16.3. The Labute approximate surface area is 131 Å². The molecule has 0 spiro atoms. The fraction of sp³-hybridized carbons (Fsp3) is 0.588. The van der Waals surface area contributed by atoms with E-state index in [0.29, 0.717) is 13.1 Å². The zero-order chi connectivity index (χ0) is 15.9. The predicted molar refractivity (Wildman–Crippen MR) is 85.4 cm³/mol. The van der Waals surface area contributed by atoms with E-state index >= 15 is 0 Å². The van der Waals surface area contributed by atoms with E-state index in [1.807, 2.05) is 18.2 Å². The molecule has 5 heteroatoms. The molecule has 0 aliphatic carbocycles. The molecule has 3 unspecified atom stereocenters. The van der Waals surface area contributed by atoms with Crippen LogP contribution in [0.3, 0.4) is 0 Å². The molecule has 1 aromatic rings. The van der Waals surface area contributed by atoms with Crippen LogP contribution >= 0.6 is 0 Å². The van der Waals surface area contributed by atoms with Crippen molar-refractivity contribution >= 4 is 5.91 Å². The molecule has 1 saturated heterocycles. The molecule has 0 saturated carbocycles. The van der Waals surface area contributed by atoms with Crippen LogP contribution < -0.4 is 5.32 Å². The number of amides is 1. The normalized spacial score (nSPS) is 25.3. The van der Waals surface area contributed by atoms with Crippen LogP contribution in [-0.2, 0) is 11.2 Å². The number of aliphatic hydroxyl groups is 2. The van der Waals surface area contributed by atoms with Gasteiger partial charge in [-0.1, -0.05) is 30.3 Å². The van der Waals surface area contributed by atoms with Gasteiger partial charge in [0.15, 0.2) is 0 Å². The van der Waals surface area contributed by atoms with Crippen LogP contribution in [0.15, 0.2) is 30.3 Å². The molecule has 1 amide bonds. The van der Waals surface area contributed by atoms with E-state index in [2.05, 4.69) is 22.3 Å². The molecule has 3 N–H and O–H groups in total. The monoisotopic (exact) mass is 306 g/mol. The topological polar surface area (TPSA) is 72.8 Å². The number of nitrogens with zero attached hydrogens (tertiary/aromatic N) is 1. The van der Waals surface area contributed by atoms with Gasteiger partial charge >= 0.3 is 0 Å². The zero-order valence-corrected chi connectivity index (χ0v) is 13.1. The molecule has 1 heterocycles. The minimum Gasteiger partial charge on any atom is -0.395 e. The molecule has 1 aromatic carbocycles. The van der Waals surface area contributed by atoms with Crippen LogP contribution in [-0.4, -0.2) is 59.4 Å². The quantitative estimate of drug-likeness (QED) is 0.682. The number of nitrogens with one attached hydrogen (secondary N) is 1. The molecule has 1 fully saturated rings. The van der Waals surface area contributed by atoms with Crippen LogP contribution in [0.4, 0.5) is 0 Å². The van der Waals surface area contributed by atoms with E-state index in [9.17, 15) is 15.0 Å². The number of carbonyl (C=O) groups excluding carboxylic acids is 1. The van der Waals surface area contributed by atoms with Gasteiger partial charge in [0.2, 0.25) is 5.91 Å². The first-order valence-corrected chi connectivity index (χ1v) is 7.93. The minimum atomic E-state index is -0.589. The van der Waals surface area contributed by atoms with Crippen LogP contribution in [0.25, 0.3) is 0 Å². The van der Waals surface area contributed by atoms with E-state index in [-0.39, 0.29) is 24.5 Å². The molecule has 0 aromatic heterocycles. The van der Waals surface area contributed by atoms with Gasteiger partial charge in [-0.25, -0.2) is 0 Å². The van der Waals surface area contributed by atoms with Crippen molar-refractivity contribution in [1.29, 1.82) is 0 Å². The van der Waals surface area contributed by atoms with Gasteiger partial charge in [0.25, 0.3) is 0 Å². The number of hydrogen-bond donors (Lipinski definition) is 3. The Morgan fingerprint density at radius 1 is 1.36 bits per heavy atom. The number of carbonyl (C=O) groups is 1. The summed E-state index contributed by atoms with van der Waals surface area (Å²) in [6.45, 7) is 3.43. The zero-order valence-electron chi connectivity index (χ0n) is 13.1. The number of likely N-dealkylation sites (tertiary alicyclic amines) is 1. The summed E-state index contributed by atoms with van der Waals surface area (Å²) in [5.74, 6) is -0.104. The van der Waals surface area contributed by atoms with Crippen molar-refractivity contribution < 1.29 is 15.0 Å². The first kappa shape index (κ1) is 16.9. The van der Waals surface area contributed by atoms with Crippen molar-refractivity contribution in [3.05, 3.63) is 35.9 Å². The first-order valence-electron chi connectivity index (χ1n) is 7.93. The minimum absolute atomic E-state index is 0.0159. The lowest BCUT2D eigenvalue weighted by molar-refractivity contribution is -0.119. The maximum absolute atomic E-state index is 11.0. The van der Waals surface area contributed by atoms with Crippen LogP contribution in [0.5, 0.6) is 0 Å². The third-order valence-corrected chi connectivity index (χ3v) is 4.37. The van der Waals surface area contributed by atoms with Crippen molar-refractivity contribution in [3.8, 4) is 0 Å². The van der Waals surface area contributed by atoms with Crippen molar-refractivity contribution in [2.24, 2.45) is 5.92 Å². The number of aliphatic hydroxyl groups excluding tert-OH is 2. The molecule has 2 rings (SSSR count). The second-order valence-electron chi connectivity index (χ2n) is 6.02. The molecule has 5 nitrogen and oxygen atoms in total. The lowest BCUT2D eigenvalue weighted by Crippen LogP contribution is -2.40. The first-order chi connectivity index (χ1) is 10.6. The highest BCUT2D eigenvalue weighted by Crippen LogP contribution is 2.23. The molecular weight excluding hydrogens is 280 g/mol. The molecule has 3 atom stereocenters. The van der Waals surface area contributed by atoms with E-state index in [4.69, 9.17) is 0 Å². The van der Waals surface area contributed by atoms with E-state index < -0.39 is 6.10 Å². The third kappa shape index (κ3) is 4.53. The number of rotatable bonds is 7. The fourth-order valence-corrected chi connectivity index (χ4v) is 3.15. The lowest BCUT2D eigenvalue weighted by Gasteiger charge is -2.24. The average molecular weight is 306 g/mol. The smallest absolute Gasteiger partial charge is 0.216 e. The summed E-state index contributed by atoms with van der Waals surface area (Å²) >= 11 is 0. The van der Waals surface area contributed by atoms with Crippen LogP contribution in [0, 0.1) is 5.92 Å². The van der Waals surface area contributed by atoms with Gasteiger partial charge in [-0.05, 0) is 24.9 Å². The van der Waals surface area contributed by atoms with Crippen molar-refractivity contribution in [2.75, 3.05) is 26.2 Å². The number of aryl methyl sites for hydroxylation is 1. The Balaban J connectivity index is 1.82. The summed E-state index contributed by atoms with van der Waals surface area (Å²) in [6, 6.07) is 10.1. The van der Waals surface area contributed by atoms with Crippen LogP contribution in [0.1, 0.15) is 18.9 Å². The van der Waals surface area contributed by atoms with Gasteiger partial charge in [-0.15, -0.1) is 0 Å². The van der Waals surface area contributed by atoms with Gasteiger partial charge in [0.05, 0.1) is 18.8 Å². The molecule has 1 aliphatic heterocycles. The third-order valence-electron chi connectivity index (χ3n) is 4.37. The van der Waals surface area contributed by atoms with Gasteiger partial charge < -0.3 is 15.5 Å². The maximum atomic E-state index is 11.0. The van der Waals surface area contributed by atoms with Crippen molar-refractivity contribution in [1.82, 2.24) is 10.2 Å². The average Bonchev–Trinajstić information content (AvgIpc) is 2.81. The van der Waals surface area contributed by atoms with E-state index in [1.54, 1.807) is 0 Å². The van der Waals surface area contributed by atoms with Gasteiger partial charge in [-0.3, -0.25) is 9.69 Å². The molecule has 1 aliphatic rings. The number of hydrogen-bond acceptors (Lipinski definition) is 4. The Kier molecular flexibility index (Phi) is 6.36. The maximum Gasteiger partial charge on any atom is 0.216 e. The Bertz CT molecular complexity index is 466.